The van der Waals surface area contributed by atoms with Crippen molar-refractivity contribution in [2.45, 2.75) is 70.9 Å². The monoisotopic (exact) mass is 416 g/mol. The number of amides is 2. The van der Waals surface area contributed by atoms with E-state index in [0.717, 1.165) is 32.1 Å². The number of nitrogens with one attached hydrogen (secondary N) is 2. The lowest BCUT2D eigenvalue weighted by Crippen LogP contribution is -2.65. The van der Waals surface area contributed by atoms with E-state index in [2.05, 4.69) is 10.6 Å². The van der Waals surface area contributed by atoms with Gasteiger partial charge >= 0.3 is 5.97 Å². The second-order valence-electron chi connectivity index (χ2n) is 9.70. The number of hydrogen-bond acceptors (Lipinski definition) is 4. The molecular formula is C23H29FN2O4. The van der Waals surface area contributed by atoms with Crippen molar-refractivity contribution < 1.29 is 23.5 Å². The van der Waals surface area contributed by atoms with Crippen LogP contribution in [-0.2, 0) is 19.1 Å². The first-order valence-electron chi connectivity index (χ1n) is 10.7. The summed E-state index contributed by atoms with van der Waals surface area (Å²) in [6, 6.07) is 4.44. The quantitative estimate of drug-likeness (QED) is 0.720. The lowest BCUT2D eigenvalue weighted by molar-refractivity contribution is -0.181. The summed E-state index contributed by atoms with van der Waals surface area (Å²) in [5, 5.41) is 5.73. The van der Waals surface area contributed by atoms with Gasteiger partial charge in [0.2, 0.25) is 5.91 Å². The summed E-state index contributed by atoms with van der Waals surface area (Å²) in [5.41, 5.74) is -0.163. The van der Waals surface area contributed by atoms with E-state index in [-0.39, 0.29) is 17.4 Å². The van der Waals surface area contributed by atoms with Crippen molar-refractivity contribution in [2.24, 2.45) is 17.3 Å². The van der Waals surface area contributed by atoms with Crippen molar-refractivity contribution >= 4 is 23.5 Å². The molecular weight excluding hydrogens is 387 g/mol. The molecule has 0 aromatic heterocycles. The number of benzene rings is 1. The van der Waals surface area contributed by atoms with Gasteiger partial charge in [0.1, 0.15) is 5.82 Å². The third-order valence-electron chi connectivity index (χ3n) is 7.03. The molecule has 4 aliphatic rings. The fraction of sp³-hybridized carbons (Fsp3) is 0.609. The molecule has 2 unspecified atom stereocenters. The number of ether oxygens (including phenoxy) is 1. The van der Waals surface area contributed by atoms with Crippen molar-refractivity contribution in [3.8, 4) is 0 Å². The lowest BCUT2D eigenvalue weighted by atomic mass is 9.47. The number of aryl methyl sites for hydroxylation is 1. The Labute approximate surface area is 175 Å². The average molecular weight is 416 g/mol. The minimum atomic E-state index is -0.994. The molecule has 5 rings (SSSR count). The van der Waals surface area contributed by atoms with E-state index < -0.39 is 23.2 Å². The zero-order valence-corrected chi connectivity index (χ0v) is 17.7. The van der Waals surface area contributed by atoms with Crippen LogP contribution >= 0.6 is 0 Å². The van der Waals surface area contributed by atoms with E-state index in [9.17, 15) is 18.8 Å². The molecule has 7 heteroatoms. The molecule has 162 valence electrons. The van der Waals surface area contributed by atoms with Crippen LogP contribution in [0.3, 0.4) is 0 Å². The van der Waals surface area contributed by atoms with Crippen LogP contribution in [-0.4, -0.2) is 29.4 Å². The third kappa shape index (κ3) is 3.82. The first-order valence-corrected chi connectivity index (χ1v) is 10.7. The van der Waals surface area contributed by atoms with Gasteiger partial charge < -0.3 is 15.4 Å². The molecule has 2 amide bonds. The Morgan fingerprint density at radius 1 is 1.17 bits per heavy atom. The number of anilines is 1. The number of esters is 1. The van der Waals surface area contributed by atoms with Gasteiger partial charge in [-0.1, -0.05) is 6.07 Å². The van der Waals surface area contributed by atoms with Crippen LogP contribution in [0.25, 0.3) is 0 Å². The van der Waals surface area contributed by atoms with Gasteiger partial charge in [0.05, 0.1) is 5.41 Å². The van der Waals surface area contributed by atoms with Gasteiger partial charge in [-0.2, -0.15) is 0 Å². The molecule has 0 aliphatic heterocycles. The highest BCUT2D eigenvalue weighted by Crippen LogP contribution is 2.62. The van der Waals surface area contributed by atoms with Gasteiger partial charge in [0, 0.05) is 18.2 Å². The maximum atomic E-state index is 13.7. The summed E-state index contributed by atoms with van der Waals surface area (Å²) in [6.45, 7) is 4.69. The Balaban J connectivity index is 1.44. The lowest BCUT2D eigenvalue weighted by Gasteiger charge is -2.60. The molecule has 4 aliphatic carbocycles. The highest BCUT2D eigenvalue weighted by molar-refractivity contribution is 5.95. The zero-order chi connectivity index (χ0) is 21.7. The molecule has 5 atom stereocenters. The number of carbonyl (C=O) groups is 3. The van der Waals surface area contributed by atoms with E-state index >= 15 is 0 Å². The van der Waals surface area contributed by atoms with E-state index in [1.165, 1.54) is 19.9 Å². The van der Waals surface area contributed by atoms with E-state index in [1.54, 1.807) is 19.1 Å². The first kappa shape index (κ1) is 20.8. The van der Waals surface area contributed by atoms with Gasteiger partial charge in [-0.15, -0.1) is 0 Å². The average Bonchev–Trinajstić information content (AvgIpc) is 2.62. The van der Waals surface area contributed by atoms with Crippen molar-refractivity contribution in [2.75, 3.05) is 5.32 Å². The van der Waals surface area contributed by atoms with Crippen molar-refractivity contribution in [3.63, 3.8) is 0 Å². The molecule has 4 fully saturated rings. The maximum Gasteiger partial charge on any atom is 0.312 e. The topological polar surface area (TPSA) is 84.5 Å². The molecule has 0 heterocycles. The second-order valence-corrected chi connectivity index (χ2v) is 9.70. The molecule has 0 spiro atoms. The third-order valence-corrected chi connectivity index (χ3v) is 7.03. The largest absolute Gasteiger partial charge is 0.452 e. The molecule has 30 heavy (non-hydrogen) atoms. The van der Waals surface area contributed by atoms with Crippen molar-refractivity contribution in [3.05, 3.63) is 29.6 Å². The highest BCUT2D eigenvalue weighted by atomic mass is 19.1. The second kappa shape index (κ2) is 7.36. The Kier molecular flexibility index (Phi) is 5.11. The molecule has 0 saturated heterocycles. The predicted octanol–water partition coefficient (Wildman–Crippen LogP) is 3.48. The van der Waals surface area contributed by atoms with Gasteiger partial charge in [-0.05, 0) is 81.9 Å². The summed E-state index contributed by atoms with van der Waals surface area (Å²) in [6.07, 6.45) is 3.99. The normalized spacial score (nSPS) is 32.4. The number of halogens is 1. The van der Waals surface area contributed by atoms with Crippen LogP contribution in [0.4, 0.5) is 10.1 Å². The molecule has 0 radical (unpaired) electrons. The highest BCUT2D eigenvalue weighted by Gasteiger charge is 2.61. The van der Waals surface area contributed by atoms with Gasteiger partial charge in [0.25, 0.3) is 5.91 Å². The van der Waals surface area contributed by atoms with Crippen LogP contribution in [0.5, 0.6) is 0 Å². The Bertz CT molecular complexity index is 885. The fourth-order valence-corrected chi connectivity index (χ4v) is 6.27. The SMILES string of the molecule is CC(=O)NC12C[C@H]3C[C@@H](C1)CC(C(=O)O[C@H](C)C(=O)Nc1ccc(C)c(F)c1)(C3)C2. The Morgan fingerprint density at radius 2 is 1.83 bits per heavy atom. The molecule has 4 saturated carbocycles. The minimum Gasteiger partial charge on any atom is -0.452 e. The van der Waals surface area contributed by atoms with Crippen LogP contribution in [0.2, 0.25) is 0 Å². The maximum absolute atomic E-state index is 13.7. The summed E-state index contributed by atoms with van der Waals surface area (Å²) < 4.78 is 19.3. The summed E-state index contributed by atoms with van der Waals surface area (Å²) >= 11 is 0. The van der Waals surface area contributed by atoms with E-state index in [4.69, 9.17) is 4.74 Å². The Morgan fingerprint density at radius 3 is 2.43 bits per heavy atom. The minimum absolute atomic E-state index is 0.0708. The van der Waals surface area contributed by atoms with Gasteiger partial charge in [-0.3, -0.25) is 14.4 Å². The van der Waals surface area contributed by atoms with Crippen LogP contribution in [0.15, 0.2) is 18.2 Å². The summed E-state index contributed by atoms with van der Waals surface area (Å²) in [7, 11) is 0. The smallest absolute Gasteiger partial charge is 0.312 e. The number of hydrogen-bond donors (Lipinski definition) is 2. The van der Waals surface area contributed by atoms with Gasteiger partial charge in [-0.25, -0.2) is 4.39 Å². The summed E-state index contributed by atoms with van der Waals surface area (Å²) in [5.74, 6) is -0.541. The van der Waals surface area contributed by atoms with Crippen LogP contribution < -0.4 is 10.6 Å². The standard InChI is InChI=1S/C23H29FN2O4/c1-13-4-5-18(7-19(13)24)25-20(28)14(2)30-21(29)22-8-16-6-17(9-22)11-23(10-16,12-22)26-15(3)27/h4-5,7,14,16-17H,6,8-12H2,1-3H3,(H,25,28)(H,26,27)/t14-,16-,17+,22?,23?/m1/s1. The molecule has 1 aromatic rings. The van der Waals surface area contributed by atoms with Crippen LogP contribution in [0.1, 0.15) is 57.9 Å². The zero-order valence-electron chi connectivity index (χ0n) is 17.7. The van der Waals surface area contributed by atoms with E-state index in [0.29, 0.717) is 29.5 Å². The fourth-order valence-electron chi connectivity index (χ4n) is 6.27. The number of rotatable bonds is 5. The number of carbonyl (C=O) groups excluding carboxylic acids is 3. The van der Waals surface area contributed by atoms with E-state index in [1.807, 2.05) is 0 Å². The van der Waals surface area contributed by atoms with Crippen molar-refractivity contribution in [1.82, 2.24) is 5.32 Å². The van der Waals surface area contributed by atoms with Gasteiger partial charge in [0.15, 0.2) is 6.10 Å². The Hall–Kier alpha value is -2.44. The summed E-state index contributed by atoms with van der Waals surface area (Å²) in [4.78, 5) is 37.5. The first-order chi connectivity index (χ1) is 14.1. The predicted molar refractivity (Wildman–Crippen MR) is 109 cm³/mol. The van der Waals surface area contributed by atoms with Crippen molar-refractivity contribution in [1.29, 1.82) is 0 Å². The molecule has 4 bridgehead atoms. The van der Waals surface area contributed by atoms with Crippen LogP contribution in [0, 0.1) is 30.0 Å². The molecule has 6 nitrogen and oxygen atoms in total. The molecule has 2 N–H and O–H groups in total. The molecule has 1 aromatic carbocycles.